The number of anilines is 1. The zero-order chi connectivity index (χ0) is 18.4. The zero-order valence-electron chi connectivity index (χ0n) is 14.4. The molecule has 0 aromatic heterocycles. The Balaban J connectivity index is 1.87. The number of sulfone groups is 1. The fraction of sp³-hybridized carbons (Fsp3) is 0.444. The Labute approximate surface area is 148 Å². The van der Waals surface area contributed by atoms with Crippen molar-refractivity contribution in [3.05, 3.63) is 40.8 Å². The van der Waals surface area contributed by atoms with E-state index in [9.17, 15) is 18.0 Å². The van der Waals surface area contributed by atoms with Crippen molar-refractivity contribution in [3.8, 4) is 0 Å². The predicted molar refractivity (Wildman–Crippen MR) is 95.8 cm³/mol. The summed E-state index contributed by atoms with van der Waals surface area (Å²) in [4.78, 5) is 23.9. The van der Waals surface area contributed by atoms with Crippen LogP contribution < -0.4 is 5.32 Å². The van der Waals surface area contributed by atoms with Gasteiger partial charge in [0, 0.05) is 17.0 Å². The maximum atomic E-state index is 12.1. The second-order valence-corrected chi connectivity index (χ2v) is 7.92. The molecule has 1 aliphatic rings. The van der Waals surface area contributed by atoms with Gasteiger partial charge in [0.05, 0.1) is 12.2 Å². The molecule has 1 aromatic carbocycles. The molecule has 1 unspecified atom stereocenters. The quantitative estimate of drug-likeness (QED) is 0.749. The Morgan fingerprint density at radius 1 is 1.20 bits per heavy atom. The van der Waals surface area contributed by atoms with Gasteiger partial charge < -0.3 is 10.1 Å². The Kier molecular flexibility index (Phi) is 6.36. The number of amides is 1. The van der Waals surface area contributed by atoms with Crippen LogP contribution in [0.1, 0.15) is 31.4 Å². The Bertz CT molecular complexity index is 760. The molecule has 25 heavy (non-hydrogen) atoms. The summed E-state index contributed by atoms with van der Waals surface area (Å²) >= 11 is 0. The van der Waals surface area contributed by atoms with E-state index >= 15 is 0 Å². The Hall–Kier alpha value is -2.15. The maximum Gasteiger partial charge on any atom is 0.306 e. The van der Waals surface area contributed by atoms with E-state index in [0.717, 1.165) is 35.1 Å². The van der Waals surface area contributed by atoms with Gasteiger partial charge in [0.25, 0.3) is 5.91 Å². The minimum atomic E-state index is -3.20. The number of nitrogens with one attached hydrogen (secondary N) is 1. The third-order valence-electron chi connectivity index (χ3n) is 4.06. The first-order chi connectivity index (χ1) is 11.8. The molecule has 0 aliphatic carbocycles. The number of carbonyl (C=O) groups is 2. The van der Waals surface area contributed by atoms with Crippen LogP contribution in [-0.4, -0.2) is 32.7 Å². The van der Waals surface area contributed by atoms with Gasteiger partial charge in [0.2, 0.25) is 0 Å². The highest BCUT2D eigenvalue weighted by molar-refractivity contribution is 7.94. The lowest BCUT2D eigenvalue weighted by Gasteiger charge is -2.14. The predicted octanol–water partition coefficient (Wildman–Crippen LogP) is 2.24. The summed E-state index contributed by atoms with van der Waals surface area (Å²) in [5, 5.41) is 3.93. The van der Waals surface area contributed by atoms with Gasteiger partial charge in [0.1, 0.15) is 0 Å². The monoisotopic (exact) mass is 365 g/mol. The van der Waals surface area contributed by atoms with Gasteiger partial charge in [-0.25, -0.2) is 8.42 Å². The third-order valence-corrected chi connectivity index (χ3v) is 5.53. The summed E-state index contributed by atoms with van der Waals surface area (Å²) in [7, 11) is -3.20. The molecule has 1 N–H and O–H groups in total. The highest BCUT2D eigenvalue weighted by atomic mass is 32.2. The second-order valence-electron chi connectivity index (χ2n) is 5.99. The first-order valence-corrected chi connectivity index (χ1v) is 10.0. The minimum Gasteiger partial charge on any atom is -0.456 e. The maximum absolute atomic E-state index is 12.1. The summed E-state index contributed by atoms with van der Waals surface area (Å²) in [5.41, 5.74) is 2.83. The topological polar surface area (TPSA) is 89.5 Å². The molecule has 7 heteroatoms. The van der Waals surface area contributed by atoms with Crippen LogP contribution >= 0.6 is 0 Å². The number of hydrogen-bond acceptors (Lipinski definition) is 5. The minimum absolute atomic E-state index is 0.0469. The number of benzene rings is 1. The highest BCUT2D eigenvalue weighted by Crippen LogP contribution is 2.22. The highest BCUT2D eigenvalue weighted by Gasteiger charge is 2.24. The van der Waals surface area contributed by atoms with E-state index < -0.39 is 21.7 Å². The number of rotatable bonds is 7. The van der Waals surface area contributed by atoms with Gasteiger partial charge in [-0.15, -0.1) is 0 Å². The molecule has 136 valence electrons. The lowest BCUT2D eigenvalue weighted by atomic mass is 10.0. The van der Waals surface area contributed by atoms with Gasteiger partial charge in [-0.2, -0.15) is 0 Å². The van der Waals surface area contributed by atoms with E-state index in [2.05, 4.69) is 5.32 Å². The van der Waals surface area contributed by atoms with E-state index in [-0.39, 0.29) is 24.7 Å². The number of aryl methyl sites for hydroxylation is 2. The van der Waals surface area contributed by atoms with Gasteiger partial charge >= 0.3 is 5.97 Å². The molecule has 1 atom stereocenters. The van der Waals surface area contributed by atoms with Crippen LogP contribution in [0.25, 0.3) is 0 Å². The molecule has 0 saturated carbocycles. The summed E-state index contributed by atoms with van der Waals surface area (Å²) < 4.78 is 27.6. The second kappa shape index (κ2) is 8.29. The summed E-state index contributed by atoms with van der Waals surface area (Å²) in [5.74, 6) is -1.45. The van der Waals surface area contributed by atoms with Crippen LogP contribution in [-0.2, 0) is 37.0 Å². The molecular weight excluding hydrogens is 342 g/mol. The smallest absolute Gasteiger partial charge is 0.306 e. The number of esters is 1. The van der Waals surface area contributed by atoms with Gasteiger partial charge in [-0.1, -0.05) is 38.1 Å². The fourth-order valence-electron chi connectivity index (χ4n) is 2.76. The lowest BCUT2D eigenvalue weighted by Crippen LogP contribution is -2.23. The summed E-state index contributed by atoms with van der Waals surface area (Å²) in [6, 6.07) is 5.86. The molecule has 1 aliphatic heterocycles. The molecule has 0 spiro atoms. The van der Waals surface area contributed by atoms with Crippen molar-refractivity contribution >= 4 is 27.4 Å². The number of ether oxygens (including phenoxy) is 1. The molecule has 0 fully saturated rings. The van der Waals surface area contributed by atoms with Crippen molar-refractivity contribution < 1.29 is 22.7 Å². The van der Waals surface area contributed by atoms with Crippen molar-refractivity contribution in [1.29, 1.82) is 0 Å². The standard InChI is InChI=1S/C18H23NO5S/c1-3-14-6-5-7-15(4-2)18(14)19-16(20)11-24-17(21)10-13-8-9-25(22,23)12-13/h5-9,13H,3-4,10-12H2,1-2H3,(H,19,20). The molecule has 0 saturated heterocycles. The van der Waals surface area contributed by atoms with Crippen molar-refractivity contribution in [2.45, 2.75) is 33.1 Å². The normalized spacial score (nSPS) is 18.1. The number of carbonyl (C=O) groups excluding carboxylic acids is 2. The van der Waals surface area contributed by atoms with Gasteiger partial charge in [-0.05, 0) is 24.0 Å². The summed E-state index contributed by atoms with van der Waals surface area (Å²) in [6.07, 6.45) is 3.01. The molecule has 2 rings (SSSR count). The first-order valence-electron chi connectivity index (χ1n) is 8.31. The van der Waals surface area contributed by atoms with Crippen molar-refractivity contribution in [2.75, 3.05) is 17.7 Å². The largest absolute Gasteiger partial charge is 0.456 e. The first kappa shape index (κ1) is 19.2. The van der Waals surface area contributed by atoms with E-state index in [0.29, 0.717) is 0 Å². The number of allylic oxidation sites excluding steroid dienone is 1. The van der Waals surface area contributed by atoms with E-state index in [1.165, 1.54) is 6.08 Å². The van der Waals surface area contributed by atoms with Crippen LogP contribution in [0.3, 0.4) is 0 Å². The van der Waals surface area contributed by atoms with Gasteiger partial charge in [-0.3, -0.25) is 9.59 Å². The van der Waals surface area contributed by atoms with Crippen molar-refractivity contribution in [1.82, 2.24) is 0 Å². The van der Waals surface area contributed by atoms with Crippen molar-refractivity contribution in [2.24, 2.45) is 5.92 Å². The van der Waals surface area contributed by atoms with Gasteiger partial charge in [0.15, 0.2) is 16.4 Å². The third kappa shape index (κ3) is 5.42. The van der Waals surface area contributed by atoms with E-state index in [1.807, 2.05) is 32.0 Å². The van der Waals surface area contributed by atoms with Crippen LogP contribution in [0.15, 0.2) is 29.7 Å². The molecule has 0 bridgehead atoms. The molecule has 0 radical (unpaired) electrons. The average molecular weight is 365 g/mol. The average Bonchev–Trinajstić information content (AvgIpc) is 2.91. The molecular formula is C18H23NO5S. The SMILES string of the molecule is CCc1cccc(CC)c1NC(=O)COC(=O)CC1C=CS(=O)(=O)C1. The Morgan fingerprint density at radius 2 is 1.84 bits per heavy atom. The number of hydrogen-bond donors (Lipinski definition) is 1. The van der Waals surface area contributed by atoms with E-state index in [4.69, 9.17) is 4.74 Å². The van der Waals surface area contributed by atoms with E-state index in [1.54, 1.807) is 0 Å². The molecule has 1 heterocycles. The molecule has 1 aromatic rings. The van der Waals surface area contributed by atoms with Crippen LogP contribution in [0.5, 0.6) is 0 Å². The van der Waals surface area contributed by atoms with Crippen molar-refractivity contribution in [3.63, 3.8) is 0 Å². The molecule has 1 amide bonds. The molecule has 6 nitrogen and oxygen atoms in total. The summed E-state index contributed by atoms with van der Waals surface area (Å²) in [6.45, 7) is 3.63. The zero-order valence-corrected chi connectivity index (χ0v) is 15.3. The van der Waals surface area contributed by atoms with Crippen LogP contribution in [0.2, 0.25) is 0 Å². The van der Waals surface area contributed by atoms with Crippen LogP contribution in [0.4, 0.5) is 5.69 Å². The number of para-hydroxylation sites is 1. The van der Waals surface area contributed by atoms with Crippen LogP contribution in [0, 0.1) is 5.92 Å². The lowest BCUT2D eigenvalue weighted by molar-refractivity contribution is -0.147. The Morgan fingerprint density at radius 3 is 2.36 bits per heavy atom. The fourth-order valence-corrected chi connectivity index (χ4v) is 4.16.